The number of guanidine groups is 1. The molecule has 0 radical (unpaired) electrons. The van der Waals surface area contributed by atoms with Crippen LogP contribution in [0.2, 0.25) is 0 Å². The summed E-state index contributed by atoms with van der Waals surface area (Å²) in [6.45, 7) is 0. The van der Waals surface area contributed by atoms with Crippen LogP contribution >= 0.6 is 0 Å². The normalized spacial score (nSPS) is 9.80. The smallest absolute Gasteiger partial charge is 0.366 e. The van der Waals surface area contributed by atoms with Gasteiger partial charge < -0.3 is 5.21 Å². The van der Waals surface area contributed by atoms with Crippen molar-refractivity contribution in [3.8, 4) is 6.07 Å². The van der Waals surface area contributed by atoms with Crippen LogP contribution in [0.1, 0.15) is 11.1 Å². The van der Waals surface area contributed by atoms with E-state index in [2.05, 4.69) is 5.10 Å². The zero-order valence-electron chi connectivity index (χ0n) is 7.79. The summed E-state index contributed by atoms with van der Waals surface area (Å²) in [5, 5.41) is 22.9. The first kappa shape index (κ1) is 10.5. The Bertz CT molecular complexity index is 454. The summed E-state index contributed by atoms with van der Waals surface area (Å²) in [6.07, 6.45) is 1.27. The lowest BCUT2D eigenvalue weighted by molar-refractivity contribution is -0.463. The maximum absolute atomic E-state index is 10.8. The van der Waals surface area contributed by atoms with E-state index in [4.69, 9.17) is 16.7 Å². The van der Waals surface area contributed by atoms with Crippen LogP contribution in [0.4, 0.5) is 0 Å². The van der Waals surface area contributed by atoms with Crippen LogP contribution in [-0.2, 0) is 0 Å². The van der Waals surface area contributed by atoms with Crippen molar-refractivity contribution in [2.45, 2.75) is 0 Å². The van der Waals surface area contributed by atoms with Crippen LogP contribution in [-0.4, -0.2) is 17.0 Å². The summed E-state index contributed by atoms with van der Waals surface area (Å²) in [5.74, 6) is -0.442. The molecular weight excluding hydrogens is 194 g/mol. The Labute approximate surface area is 86.3 Å². The highest BCUT2D eigenvalue weighted by Gasteiger charge is 1.92. The van der Waals surface area contributed by atoms with Gasteiger partial charge in [-0.15, -0.1) is 9.95 Å². The fourth-order valence-electron chi connectivity index (χ4n) is 0.874. The SMILES string of the molecule is N#Cc1cccc(/C=N/[N+]([O-])=C(N)N)c1. The maximum atomic E-state index is 10.8. The molecule has 0 aliphatic heterocycles. The molecule has 6 nitrogen and oxygen atoms in total. The monoisotopic (exact) mass is 203 g/mol. The minimum absolute atomic E-state index is 0.0963. The molecule has 0 aromatic heterocycles. The van der Waals surface area contributed by atoms with Crippen LogP contribution in [0.25, 0.3) is 0 Å². The predicted molar refractivity (Wildman–Crippen MR) is 55.8 cm³/mol. The standard InChI is InChI=1S/C9H9N5O/c10-5-7-2-1-3-8(4-7)6-13-14(15)9(11)12/h1-4,6H,11-12H2/b13-6+. The second kappa shape index (κ2) is 4.62. The molecule has 76 valence electrons. The number of rotatable bonds is 2. The molecule has 15 heavy (non-hydrogen) atoms. The summed E-state index contributed by atoms with van der Waals surface area (Å²) in [6, 6.07) is 8.59. The summed E-state index contributed by atoms with van der Waals surface area (Å²) < 4.78 is 0. The van der Waals surface area contributed by atoms with Gasteiger partial charge in [0.1, 0.15) is 0 Å². The Kier molecular flexibility index (Phi) is 3.24. The van der Waals surface area contributed by atoms with E-state index in [1.807, 2.05) is 6.07 Å². The first-order valence-electron chi connectivity index (χ1n) is 4.03. The van der Waals surface area contributed by atoms with Crippen molar-refractivity contribution < 1.29 is 4.85 Å². The third kappa shape index (κ3) is 3.00. The summed E-state index contributed by atoms with van der Waals surface area (Å²) in [7, 11) is 0. The van der Waals surface area contributed by atoms with Gasteiger partial charge in [-0.25, -0.2) is 0 Å². The number of nitriles is 1. The van der Waals surface area contributed by atoms with Crippen LogP contribution < -0.4 is 11.5 Å². The van der Waals surface area contributed by atoms with Crippen LogP contribution in [0.15, 0.2) is 29.4 Å². The highest BCUT2D eigenvalue weighted by atomic mass is 16.5. The highest BCUT2D eigenvalue weighted by molar-refractivity contribution is 5.80. The fourth-order valence-corrected chi connectivity index (χ4v) is 0.874. The molecule has 1 aromatic rings. The van der Waals surface area contributed by atoms with E-state index in [1.165, 1.54) is 6.21 Å². The Hall–Kier alpha value is -2.55. The van der Waals surface area contributed by atoms with Crippen molar-refractivity contribution in [1.29, 1.82) is 5.26 Å². The highest BCUT2D eigenvalue weighted by Crippen LogP contribution is 2.01. The number of hydrogen-bond donors (Lipinski definition) is 2. The molecule has 0 aliphatic rings. The first-order chi connectivity index (χ1) is 7.13. The van der Waals surface area contributed by atoms with E-state index in [-0.39, 0.29) is 4.85 Å². The maximum Gasteiger partial charge on any atom is 0.366 e. The van der Waals surface area contributed by atoms with Crippen molar-refractivity contribution in [3.63, 3.8) is 0 Å². The fraction of sp³-hybridized carbons (Fsp3) is 0. The van der Waals surface area contributed by atoms with Gasteiger partial charge in [-0.3, -0.25) is 11.5 Å². The van der Waals surface area contributed by atoms with Gasteiger partial charge in [-0.2, -0.15) is 5.26 Å². The average molecular weight is 203 g/mol. The van der Waals surface area contributed by atoms with Gasteiger partial charge in [0.2, 0.25) is 0 Å². The van der Waals surface area contributed by atoms with Gasteiger partial charge in [-0.05, 0) is 17.7 Å². The zero-order valence-corrected chi connectivity index (χ0v) is 7.79. The summed E-state index contributed by atoms with van der Waals surface area (Å²) in [4.78, 5) is 0.0963. The van der Waals surface area contributed by atoms with Crippen LogP contribution in [0.5, 0.6) is 0 Å². The summed E-state index contributed by atoms with van der Waals surface area (Å²) in [5.41, 5.74) is 11.1. The Morgan fingerprint density at radius 1 is 1.53 bits per heavy atom. The molecule has 0 atom stereocenters. The van der Waals surface area contributed by atoms with E-state index in [9.17, 15) is 5.21 Å². The molecule has 0 aliphatic carbocycles. The molecule has 1 aromatic carbocycles. The third-order valence-electron chi connectivity index (χ3n) is 1.55. The van der Waals surface area contributed by atoms with Crippen molar-refractivity contribution in [1.82, 2.24) is 0 Å². The molecule has 0 fully saturated rings. The molecule has 0 amide bonds. The predicted octanol–water partition coefficient (Wildman–Crippen LogP) is -0.324. The van der Waals surface area contributed by atoms with Gasteiger partial charge in [0.05, 0.1) is 17.8 Å². The minimum Gasteiger partial charge on any atom is -0.722 e. The van der Waals surface area contributed by atoms with Gasteiger partial charge in [0.15, 0.2) is 0 Å². The van der Waals surface area contributed by atoms with E-state index in [1.54, 1.807) is 24.3 Å². The van der Waals surface area contributed by atoms with Gasteiger partial charge in [-0.1, -0.05) is 12.1 Å². The lowest BCUT2D eigenvalue weighted by Gasteiger charge is -2.02. The molecule has 0 spiro atoms. The summed E-state index contributed by atoms with van der Waals surface area (Å²) >= 11 is 0. The number of nitrogens with zero attached hydrogens (tertiary/aromatic N) is 3. The van der Waals surface area contributed by atoms with Gasteiger partial charge in [0.25, 0.3) is 0 Å². The molecule has 6 heteroatoms. The quantitative estimate of drug-likeness (QED) is 0.225. The Balaban J connectivity index is 2.91. The Morgan fingerprint density at radius 2 is 2.27 bits per heavy atom. The molecular formula is C9H9N5O. The second-order valence-electron chi connectivity index (χ2n) is 2.68. The first-order valence-corrected chi connectivity index (χ1v) is 4.03. The van der Waals surface area contributed by atoms with Gasteiger partial charge in [0, 0.05) is 0 Å². The van der Waals surface area contributed by atoms with Gasteiger partial charge >= 0.3 is 5.96 Å². The number of benzene rings is 1. The Morgan fingerprint density at radius 3 is 2.87 bits per heavy atom. The van der Waals surface area contributed by atoms with Crippen molar-refractivity contribution in [2.24, 2.45) is 16.6 Å². The average Bonchev–Trinajstić information content (AvgIpc) is 2.26. The van der Waals surface area contributed by atoms with Crippen molar-refractivity contribution in [3.05, 3.63) is 40.6 Å². The molecule has 0 saturated carbocycles. The molecule has 0 heterocycles. The van der Waals surface area contributed by atoms with E-state index in [0.717, 1.165) is 0 Å². The second-order valence-corrected chi connectivity index (χ2v) is 2.68. The van der Waals surface area contributed by atoms with Crippen LogP contribution in [0, 0.1) is 16.5 Å². The van der Waals surface area contributed by atoms with E-state index in [0.29, 0.717) is 11.1 Å². The molecule has 0 unspecified atom stereocenters. The lowest BCUT2D eigenvalue weighted by Crippen LogP contribution is -2.30. The van der Waals surface area contributed by atoms with E-state index >= 15 is 0 Å². The van der Waals surface area contributed by atoms with Crippen molar-refractivity contribution >= 4 is 12.2 Å². The number of nitrogens with two attached hydrogens (primary N) is 2. The van der Waals surface area contributed by atoms with E-state index < -0.39 is 5.96 Å². The minimum atomic E-state index is -0.442. The number of hydrazone groups is 1. The van der Waals surface area contributed by atoms with Crippen LogP contribution in [0.3, 0.4) is 0 Å². The largest absolute Gasteiger partial charge is 0.722 e. The zero-order chi connectivity index (χ0) is 11.3. The van der Waals surface area contributed by atoms with Crippen molar-refractivity contribution in [2.75, 3.05) is 0 Å². The lowest BCUT2D eigenvalue weighted by atomic mass is 10.1. The molecule has 0 saturated heterocycles. The third-order valence-corrected chi connectivity index (χ3v) is 1.55. The number of hydrogen-bond acceptors (Lipinski definition) is 3. The molecule has 4 N–H and O–H groups in total. The molecule has 0 bridgehead atoms. The topological polar surface area (TPSA) is 114 Å². The molecule has 1 rings (SSSR count).